The fourth-order valence-corrected chi connectivity index (χ4v) is 1.29. The van der Waals surface area contributed by atoms with E-state index in [0.717, 1.165) is 5.56 Å². The van der Waals surface area contributed by atoms with Crippen molar-refractivity contribution in [2.75, 3.05) is 0 Å². The van der Waals surface area contributed by atoms with Gasteiger partial charge in [-0.25, -0.2) is 0 Å². The number of carbonyl (C=O) groups is 1. The van der Waals surface area contributed by atoms with E-state index in [0.29, 0.717) is 19.4 Å². The van der Waals surface area contributed by atoms with Crippen LogP contribution in [-0.4, -0.2) is 5.97 Å². The lowest BCUT2D eigenvalue weighted by molar-refractivity contribution is -0.149. The summed E-state index contributed by atoms with van der Waals surface area (Å²) in [5.41, 5.74) is 1.000. The van der Waals surface area contributed by atoms with E-state index in [9.17, 15) is 4.79 Å². The summed E-state index contributed by atoms with van der Waals surface area (Å²) in [5, 5.41) is 0. The maximum atomic E-state index is 11.5. The molecule has 0 fully saturated rings. The van der Waals surface area contributed by atoms with Gasteiger partial charge in [0.25, 0.3) is 0 Å². The van der Waals surface area contributed by atoms with Crippen LogP contribution in [0.3, 0.4) is 0 Å². The molecule has 1 rings (SSSR count). The standard InChI is InChI=1S/C14H16O2/c1-3-4-8-12(2)14(15)16-11-13-9-6-5-7-10-13/h1,5-7,9-10,12H,4,8,11H2,2H3. The Morgan fingerprint density at radius 2 is 2.12 bits per heavy atom. The molecule has 0 bridgehead atoms. The fourth-order valence-electron chi connectivity index (χ4n) is 1.29. The summed E-state index contributed by atoms with van der Waals surface area (Å²) in [6, 6.07) is 9.63. The highest BCUT2D eigenvalue weighted by Crippen LogP contribution is 2.09. The summed E-state index contributed by atoms with van der Waals surface area (Å²) in [6.45, 7) is 2.17. The summed E-state index contributed by atoms with van der Waals surface area (Å²) in [7, 11) is 0. The molecule has 1 atom stereocenters. The molecule has 0 spiro atoms. The van der Waals surface area contributed by atoms with Crippen molar-refractivity contribution in [3.8, 4) is 12.3 Å². The molecule has 0 aliphatic heterocycles. The number of benzene rings is 1. The van der Waals surface area contributed by atoms with E-state index in [1.165, 1.54) is 0 Å². The molecule has 1 unspecified atom stereocenters. The topological polar surface area (TPSA) is 26.3 Å². The van der Waals surface area contributed by atoms with Gasteiger partial charge < -0.3 is 4.74 Å². The van der Waals surface area contributed by atoms with E-state index in [1.807, 2.05) is 37.3 Å². The molecule has 2 heteroatoms. The van der Waals surface area contributed by atoms with Crippen molar-refractivity contribution in [1.82, 2.24) is 0 Å². The maximum Gasteiger partial charge on any atom is 0.309 e. The van der Waals surface area contributed by atoms with Crippen LogP contribution in [-0.2, 0) is 16.1 Å². The number of terminal acetylenes is 1. The second kappa shape index (κ2) is 6.68. The molecule has 84 valence electrons. The van der Waals surface area contributed by atoms with E-state index in [-0.39, 0.29) is 11.9 Å². The summed E-state index contributed by atoms with van der Waals surface area (Å²) >= 11 is 0. The maximum absolute atomic E-state index is 11.5. The molecular weight excluding hydrogens is 200 g/mol. The largest absolute Gasteiger partial charge is 0.461 e. The highest BCUT2D eigenvalue weighted by atomic mass is 16.5. The van der Waals surface area contributed by atoms with Crippen LogP contribution >= 0.6 is 0 Å². The first-order valence-electron chi connectivity index (χ1n) is 5.38. The predicted molar refractivity (Wildman–Crippen MR) is 63.5 cm³/mol. The van der Waals surface area contributed by atoms with Gasteiger partial charge >= 0.3 is 5.97 Å². The lowest BCUT2D eigenvalue weighted by Gasteiger charge is -2.09. The second-order valence-electron chi connectivity index (χ2n) is 3.74. The fraction of sp³-hybridized carbons (Fsp3) is 0.357. The Kier molecular flexibility index (Phi) is 5.15. The summed E-state index contributed by atoms with van der Waals surface area (Å²) in [5.74, 6) is 2.21. The molecule has 2 nitrogen and oxygen atoms in total. The molecule has 0 aromatic heterocycles. The number of esters is 1. The third-order valence-corrected chi connectivity index (χ3v) is 2.35. The average molecular weight is 216 g/mol. The number of rotatable bonds is 5. The van der Waals surface area contributed by atoms with Gasteiger partial charge in [0.15, 0.2) is 0 Å². The third-order valence-electron chi connectivity index (χ3n) is 2.35. The molecule has 0 aliphatic carbocycles. The minimum Gasteiger partial charge on any atom is -0.461 e. The summed E-state index contributed by atoms with van der Waals surface area (Å²) in [4.78, 5) is 11.5. The first-order valence-corrected chi connectivity index (χ1v) is 5.38. The Morgan fingerprint density at radius 3 is 2.75 bits per heavy atom. The highest BCUT2D eigenvalue weighted by molar-refractivity contribution is 5.71. The zero-order chi connectivity index (χ0) is 11.8. The molecule has 1 aromatic carbocycles. The lowest BCUT2D eigenvalue weighted by Crippen LogP contribution is -2.14. The number of hydrogen-bond acceptors (Lipinski definition) is 2. The highest BCUT2D eigenvalue weighted by Gasteiger charge is 2.13. The Hall–Kier alpha value is -1.75. The van der Waals surface area contributed by atoms with Crippen LogP contribution in [0, 0.1) is 18.3 Å². The monoisotopic (exact) mass is 216 g/mol. The van der Waals surface area contributed by atoms with Crippen molar-refractivity contribution >= 4 is 5.97 Å². The summed E-state index contributed by atoms with van der Waals surface area (Å²) < 4.78 is 5.18. The quantitative estimate of drug-likeness (QED) is 0.559. The van der Waals surface area contributed by atoms with Crippen molar-refractivity contribution in [2.24, 2.45) is 5.92 Å². The van der Waals surface area contributed by atoms with Crippen LogP contribution in [0.25, 0.3) is 0 Å². The molecule has 0 saturated heterocycles. The second-order valence-corrected chi connectivity index (χ2v) is 3.74. The third kappa shape index (κ3) is 4.18. The van der Waals surface area contributed by atoms with Crippen molar-refractivity contribution in [3.63, 3.8) is 0 Å². The smallest absolute Gasteiger partial charge is 0.309 e. The summed E-state index contributed by atoms with van der Waals surface area (Å²) in [6.07, 6.45) is 6.44. The van der Waals surface area contributed by atoms with Gasteiger partial charge in [0.1, 0.15) is 6.61 Å². The predicted octanol–water partition coefficient (Wildman–Crippen LogP) is 2.78. The normalized spacial score (nSPS) is 11.5. The van der Waals surface area contributed by atoms with Gasteiger partial charge in [-0.05, 0) is 12.0 Å². The SMILES string of the molecule is C#CCCC(C)C(=O)OCc1ccccc1. The van der Waals surface area contributed by atoms with Crippen molar-refractivity contribution in [2.45, 2.75) is 26.4 Å². The first kappa shape index (κ1) is 12.3. The van der Waals surface area contributed by atoms with Crippen molar-refractivity contribution < 1.29 is 9.53 Å². The Labute approximate surface area is 96.6 Å². The van der Waals surface area contributed by atoms with E-state index in [1.54, 1.807) is 0 Å². The molecule has 0 radical (unpaired) electrons. The van der Waals surface area contributed by atoms with Gasteiger partial charge in [0.2, 0.25) is 0 Å². The molecule has 0 saturated carbocycles. The van der Waals surface area contributed by atoms with E-state index < -0.39 is 0 Å². The Morgan fingerprint density at radius 1 is 1.44 bits per heavy atom. The van der Waals surface area contributed by atoms with Gasteiger partial charge in [-0.15, -0.1) is 12.3 Å². The number of hydrogen-bond donors (Lipinski definition) is 0. The Bertz CT molecular complexity index is 362. The molecule has 1 aromatic rings. The van der Waals surface area contributed by atoms with Gasteiger partial charge in [0.05, 0.1) is 5.92 Å². The van der Waals surface area contributed by atoms with Crippen LogP contribution < -0.4 is 0 Å². The number of ether oxygens (including phenoxy) is 1. The van der Waals surface area contributed by atoms with Crippen LogP contribution in [0.15, 0.2) is 30.3 Å². The lowest BCUT2D eigenvalue weighted by atomic mass is 10.1. The number of carbonyl (C=O) groups excluding carboxylic acids is 1. The molecule has 16 heavy (non-hydrogen) atoms. The van der Waals surface area contributed by atoms with Gasteiger partial charge in [0, 0.05) is 6.42 Å². The molecule has 0 heterocycles. The first-order chi connectivity index (χ1) is 7.74. The molecular formula is C14H16O2. The molecule has 0 amide bonds. The Balaban J connectivity index is 2.33. The van der Waals surface area contributed by atoms with Crippen molar-refractivity contribution in [3.05, 3.63) is 35.9 Å². The van der Waals surface area contributed by atoms with Crippen LogP contribution in [0.2, 0.25) is 0 Å². The minimum atomic E-state index is -0.181. The zero-order valence-electron chi connectivity index (χ0n) is 9.48. The van der Waals surface area contributed by atoms with Gasteiger partial charge in [-0.2, -0.15) is 0 Å². The van der Waals surface area contributed by atoms with E-state index >= 15 is 0 Å². The van der Waals surface area contributed by atoms with Crippen molar-refractivity contribution in [1.29, 1.82) is 0 Å². The van der Waals surface area contributed by atoms with Gasteiger partial charge in [-0.3, -0.25) is 4.79 Å². The van der Waals surface area contributed by atoms with Crippen LogP contribution in [0.5, 0.6) is 0 Å². The van der Waals surface area contributed by atoms with Crippen LogP contribution in [0.1, 0.15) is 25.3 Å². The van der Waals surface area contributed by atoms with E-state index in [2.05, 4.69) is 5.92 Å². The average Bonchev–Trinajstić information content (AvgIpc) is 2.34. The van der Waals surface area contributed by atoms with E-state index in [4.69, 9.17) is 11.2 Å². The molecule has 0 aliphatic rings. The molecule has 0 N–H and O–H groups in total. The minimum absolute atomic E-state index is 0.125. The van der Waals surface area contributed by atoms with Crippen LogP contribution in [0.4, 0.5) is 0 Å². The van der Waals surface area contributed by atoms with Gasteiger partial charge in [-0.1, -0.05) is 37.3 Å². The zero-order valence-corrected chi connectivity index (χ0v) is 9.48.